The van der Waals surface area contributed by atoms with Crippen LogP contribution < -0.4 is 5.32 Å². The highest BCUT2D eigenvalue weighted by molar-refractivity contribution is 5.75. The monoisotopic (exact) mass is 297 g/mol. The quantitative estimate of drug-likeness (QED) is 0.818. The molecule has 2 N–H and O–H groups in total. The van der Waals surface area contributed by atoms with Crippen LogP contribution in [0.2, 0.25) is 0 Å². The van der Waals surface area contributed by atoms with Crippen LogP contribution in [0.4, 0.5) is 4.79 Å². The molecule has 6 heteroatoms. The zero-order chi connectivity index (χ0) is 15.4. The molecule has 2 fully saturated rings. The molecule has 2 rings (SSSR count). The fourth-order valence-corrected chi connectivity index (χ4v) is 3.34. The van der Waals surface area contributed by atoms with Crippen LogP contribution in [-0.4, -0.2) is 66.7 Å². The Bertz CT molecular complexity index is 380. The van der Waals surface area contributed by atoms with Crippen molar-refractivity contribution in [1.29, 1.82) is 0 Å². The van der Waals surface area contributed by atoms with Gasteiger partial charge in [0.15, 0.2) is 0 Å². The fraction of sp³-hybridized carbons (Fsp3) is 0.867. The lowest BCUT2D eigenvalue weighted by atomic mass is 9.97. The number of nitrogens with one attached hydrogen (secondary N) is 1. The van der Waals surface area contributed by atoms with Gasteiger partial charge in [-0.15, -0.1) is 0 Å². The number of hydrogen-bond donors (Lipinski definition) is 2. The molecular weight excluding hydrogens is 270 g/mol. The normalized spacial score (nSPS) is 27.5. The van der Waals surface area contributed by atoms with Gasteiger partial charge in [-0.25, -0.2) is 4.79 Å². The molecule has 0 aromatic carbocycles. The van der Waals surface area contributed by atoms with E-state index in [1.54, 1.807) is 4.90 Å². The number of carboxylic acids is 1. The highest BCUT2D eigenvalue weighted by Crippen LogP contribution is 2.25. The van der Waals surface area contributed by atoms with Crippen LogP contribution in [0.1, 0.15) is 32.1 Å². The number of rotatable bonds is 4. The zero-order valence-corrected chi connectivity index (χ0v) is 13.0. The number of carboxylic acid groups (broad SMARTS) is 1. The van der Waals surface area contributed by atoms with Crippen LogP contribution in [0, 0.1) is 11.8 Å². The fourth-order valence-electron chi connectivity index (χ4n) is 3.34. The minimum absolute atomic E-state index is 0.0125. The third-order valence-corrected chi connectivity index (χ3v) is 4.83. The maximum absolute atomic E-state index is 12.2. The van der Waals surface area contributed by atoms with Crippen molar-refractivity contribution in [2.45, 2.75) is 38.1 Å². The lowest BCUT2D eigenvalue weighted by Crippen LogP contribution is -2.45. The molecular formula is C15H27N3O3. The SMILES string of the molecule is CN1CCC(CN(C)C(=O)NC2CCC(C(=O)O)C2)CC1. The Kier molecular flexibility index (Phi) is 5.45. The van der Waals surface area contributed by atoms with Crippen molar-refractivity contribution in [2.75, 3.05) is 33.7 Å². The number of aliphatic carboxylic acids is 1. The highest BCUT2D eigenvalue weighted by Gasteiger charge is 2.31. The van der Waals surface area contributed by atoms with E-state index in [-0.39, 0.29) is 18.0 Å². The Hall–Kier alpha value is -1.30. The zero-order valence-electron chi connectivity index (χ0n) is 13.0. The molecule has 0 aromatic rings. The third-order valence-electron chi connectivity index (χ3n) is 4.83. The third kappa shape index (κ3) is 4.59. The molecule has 0 bridgehead atoms. The van der Waals surface area contributed by atoms with Crippen molar-refractivity contribution in [1.82, 2.24) is 15.1 Å². The predicted octanol–water partition coefficient (Wildman–Crippen LogP) is 1.22. The van der Waals surface area contributed by atoms with E-state index in [2.05, 4.69) is 17.3 Å². The van der Waals surface area contributed by atoms with Gasteiger partial charge in [0.1, 0.15) is 0 Å². The molecule has 1 saturated heterocycles. The van der Waals surface area contributed by atoms with E-state index >= 15 is 0 Å². The molecule has 120 valence electrons. The van der Waals surface area contributed by atoms with Gasteiger partial charge in [0.05, 0.1) is 5.92 Å². The molecule has 2 aliphatic rings. The van der Waals surface area contributed by atoms with Gasteiger partial charge >= 0.3 is 12.0 Å². The Labute approximate surface area is 126 Å². The summed E-state index contributed by atoms with van der Waals surface area (Å²) in [5, 5.41) is 12.0. The van der Waals surface area contributed by atoms with E-state index in [0.29, 0.717) is 18.8 Å². The average Bonchev–Trinajstić information content (AvgIpc) is 2.90. The summed E-state index contributed by atoms with van der Waals surface area (Å²) < 4.78 is 0. The summed E-state index contributed by atoms with van der Waals surface area (Å²) >= 11 is 0. The van der Waals surface area contributed by atoms with Gasteiger partial charge in [-0.05, 0) is 58.2 Å². The summed E-state index contributed by atoms with van der Waals surface area (Å²) in [7, 11) is 3.96. The van der Waals surface area contributed by atoms with Crippen LogP contribution >= 0.6 is 0 Å². The first-order chi connectivity index (χ1) is 9.95. The number of likely N-dealkylation sites (tertiary alicyclic amines) is 1. The molecule has 1 heterocycles. The summed E-state index contributed by atoms with van der Waals surface area (Å²) in [5.41, 5.74) is 0. The number of carbonyl (C=O) groups is 2. The number of piperidine rings is 1. The largest absolute Gasteiger partial charge is 0.481 e. The first-order valence-corrected chi connectivity index (χ1v) is 7.88. The molecule has 21 heavy (non-hydrogen) atoms. The minimum Gasteiger partial charge on any atom is -0.481 e. The Balaban J connectivity index is 1.72. The van der Waals surface area contributed by atoms with E-state index < -0.39 is 5.97 Å². The number of urea groups is 1. The van der Waals surface area contributed by atoms with E-state index in [4.69, 9.17) is 5.11 Å². The second kappa shape index (κ2) is 7.11. The van der Waals surface area contributed by atoms with Crippen molar-refractivity contribution < 1.29 is 14.7 Å². The van der Waals surface area contributed by atoms with Crippen molar-refractivity contribution in [2.24, 2.45) is 11.8 Å². The molecule has 2 atom stereocenters. The average molecular weight is 297 g/mol. The summed E-state index contributed by atoms with van der Waals surface area (Å²) in [6.45, 7) is 2.99. The molecule has 0 spiro atoms. The highest BCUT2D eigenvalue weighted by atomic mass is 16.4. The Morgan fingerprint density at radius 1 is 1.24 bits per heavy atom. The van der Waals surface area contributed by atoms with Crippen molar-refractivity contribution in [3.05, 3.63) is 0 Å². The van der Waals surface area contributed by atoms with Crippen LogP contribution in [0.3, 0.4) is 0 Å². The van der Waals surface area contributed by atoms with Gasteiger partial charge in [0.25, 0.3) is 0 Å². The topological polar surface area (TPSA) is 72.9 Å². The van der Waals surface area contributed by atoms with E-state index in [9.17, 15) is 9.59 Å². The van der Waals surface area contributed by atoms with Crippen LogP contribution in [0.25, 0.3) is 0 Å². The van der Waals surface area contributed by atoms with Crippen molar-refractivity contribution >= 4 is 12.0 Å². The van der Waals surface area contributed by atoms with E-state index in [1.807, 2.05) is 7.05 Å². The second-order valence-corrected chi connectivity index (χ2v) is 6.62. The molecule has 1 aliphatic heterocycles. The van der Waals surface area contributed by atoms with Gasteiger partial charge < -0.3 is 20.2 Å². The number of nitrogens with zero attached hydrogens (tertiary/aromatic N) is 2. The van der Waals surface area contributed by atoms with E-state index in [0.717, 1.165) is 38.9 Å². The van der Waals surface area contributed by atoms with Gasteiger partial charge in [-0.2, -0.15) is 0 Å². The molecule has 2 amide bonds. The Morgan fingerprint density at radius 3 is 2.48 bits per heavy atom. The summed E-state index contributed by atoms with van der Waals surface area (Å²) in [5.74, 6) is -0.465. The van der Waals surface area contributed by atoms with Crippen LogP contribution in [0.15, 0.2) is 0 Å². The lowest BCUT2D eigenvalue weighted by molar-refractivity contribution is -0.141. The summed E-state index contributed by atoms with van der Waals surface area (Å²) in [6.07, 6.45) is 4.27. The number of hydrogen-bond acceptors (Lipinski definition) is 3. The Morgan fingerprint density at radius 2 is 1.90 bits per heavy atom. The standard InChI is InChI=1S/C15H27N3O3/c1-17-7-5-11(6-8-17)10-18(2)15(21)16-13-4-3-12(9-13)14(19)20/h11-13H,3-10H2,1-2H3,(H,16,21)(H,19,20). The van der Waals surface area contributed by atoms with Gasteiger partial charge in [0.2, 0.25) is 0 Å². The molecule has 0 radical (unpaired) electrons. The smallest absolute Gasteiger partial charge is 0.317 e. The number of carbonyl (C=O) groups excluding carboxylic acids is 1. The van der Waals surface area contributed by atoms with Crippen molar-refractivity contribution in [3.8, 4) is 0 Å². The van der Waals surface area contributed by atoms with Crippen LogP contribution in [0.5, 0.6) is 0 Å². The maximum Gasteiger partial charge on any atom is 0.317 e. The van der Waals surface area contributed by atoms with Gasteiger partial charge in [-0.1, -0.05) is 0 Å². The lowest BCUT2D eigenvalue weighted by Gasteiger charge is -2.32. The van der Waals surface area contributed by atoms with Gasteiger partial charge in [0, 0.05) is 19.6 Å². The first-order valence-electron chi connectivity index (χ1n) is 7.88. The maximum atomic E-state index is 12.2. The molecule has 2 unspecified atom stereocenters. The van der Waals surface area contributed by atoms with Crippen LogP contribution in [-0.2, 0) is 4.79 Å². The van der Waals surface area contributed by atoms with E-state index in [1.165, 1.54) is 0 Å². The minimum atomic E-state index is -0.744. The summed E-state index contributed by atoms with van der Waals surface area (Å²) in [6, 6.07) is -0.0523. The summed E-state index contributed by atoms with van der Waals surface area (Å²) in [4.78, 5) is 27.2. The predicted molar refractivity (Wildman–Crippen MR) is 80.1 cm³/mol. The number of amides is 2. The molecule has 0 aromatic heterocycles. The molecule has 6 nitrogen and oxygen atoms in total. The molecule has 1 aliphatic carbocycles. The second-order valence-electron chi connectivity index (χ2n) is 6.62. The van der Waals surface area contributed by atoms with Gasteiger partial charge in [-0.3, -0.25) is 4.79 Å². The molecule has 1 saturated carbocycles. The van der Waals surface area contributed by atoms with Crippen molar-refractivity contribution in [3.63, 3.8) is 0 Å². The first kappa shape index (κ1) is 16.1.